The molecule has 0 aliphatic rings. The van der Waals surface area contributed by atoms with Gasteiger partial charge in [0.05, 0.1) is 4.90 Å². The van der Waals surface area contributed by atoms with E-state index in [-0.39, 0.29) is 23.2 Å². The largest absolute Gasteiger partial charge is 0.240 e. The summed E-state index contributed by atoms with van der Waals surface area (Å²) >= 11 is 0. The fraction of sp³-hybridized carbons (Fsp3) is 0.182. The van der Waals surface area contributed by atoms with Crippen LogP contribution in [0, 0.1) is 12.7 Å². The van der Waals surface area contributed by atoms with Gasteiger partial charge in [0, 0.05) is 12.5 Å². The molecular weight excluding hydrogens is 361 g/mol. The van der Waals surface area contributed by atoms with Gasteiger partial charge in [-0.15, -0.1) is 0 Å². The first-order valence-electron chi connectivity index (χ1n) is 8.80. The van der Waals surface area contributed by atoms with Crippen molar-refractivity contribution in [3.8, 4) is 0 Å². The second-order valence-electron chi connectivity index (χ2n) is 6.61. The van der Waals surface area contributed by atoms with Gasteiger partial charge in [0.25, 0.3) is 0 Å². The SMILES string of the molecule is Cc1ccc(S(=O)(=O)NC[C@H](Cc2cccc(F)c2)c2ccccc2)cc1. The highest BCUT2D eigenvalue weighted by Crippen LogP contribution is 2.22. The maximum Gasteiger partial charge on any atom is 0.240 e. The van der Waals surface area contributed by atoms with E-state index >= 15 is 0 Å². The molecule has 1 atom stereocenters. The number of rotatable bonds is 7. The summed E-state index contributed by atoms with van der Waals surface area (Å²) in [5.74, 6) is -0.396. The molecule has 0 aliphatic carbocycles. The molecule has 140 valence electrons. The number of nitrogens with one attached hydrogen (secondary N) is 1. The lowest BCUT2D eigenvalue weighted by Crippen LogP contribution is -2.29. The first kappa shape index (κ1) is 19.3. The van der Waals surface area contributed by atoms with E-state index in [4.69, 9.17) is 0 Å². The predicted molar refractivity (Wildman–Crippen MR) is 106 cm³/mol. The summed E-state index contributed by atoms with van der Waals surface area (Å²) in [5, 5.41) is 0. The molecule has 3 aromatic carbocycles. The molecule has 27 heavy (non-hydrogen) atoms. The molecular formula is C22H22FNO2S. The maximum atomic E-state index is 13.5. The Bertz CT molecular complexity index is 986. The van der Waals surface area contributed by atoms with Crippen molar-refractivity contribution in [2.45, 2.75) is 24.2 Å². The molecule has 0 spiro atoms. The van der Waals surface area contributed by atoms with Crippen molar-refractivity contribution in [2.24, 2.45) is 0 Å². The minimum absolute atomic E-state index is 0.103. The zero-order chi connectivity index (χ0) is 19.3. The van der Waals surface area contributed by atoms with E-state index in [1.165, 1.54) is 12.1 Å². The van der Waals surface area contributed by atoms with Crippen molar-refractivity contribution < 1.29 is 12.8 Å². The van der Waals surface area contributed by atoms with E-state index in [0.29, 0.717) is 6.42 Å². The van der Waals surface area contributed by atoms with Crippen LogP contribution in [-0.2, 0) is 16.4 Å². The van der Waals surface area contributed by atoms with Crippen LogP contribution >= 0.6 is 0 Å². The van der Waals surface area contributed by atoms with Crippen LogP contribution in [0.5, 0.6) is 0 Å². The van der Waals surface area contributed by atoms with E-state index in [2.05, 4.69) is 4.72 Å². The molecule has 0 unspecified atom stereocenters. The lowest BCUT2D eigenvalue weighted by atomic mass is 9.92. The van der Waals surface area contributed by atoms with Crippen LogP contribution in [0.4, 0.5) is 4.39 Å². The molecule has 0 amide bonds. The van der Waals surface area contributed by atoms with E-state index < -0.39 is 10.0 Å². The molecule has 0 aliphatic heterocycles. The first-order valence-corrected chi connectivity index (χ1v) is 10.3. The fourth-order valence-electron chi connectivity index (χ4n) is 2.99. The third kappa shape index (κ3) is 5.25. The number of hydrogen-bond acceptors (Lipinski definition) is 2. The fourth-order valence-corrected chi connectivity index (χ4v) is 4.07. The summed E-state index contributed by atoms with van der Waals surface area (Å²) < 4.78 is 41.5. The Balaban J connectivity index is 1.80. The highest BCUT2D eigenvalue weighted by molar-refractivity contribution is 7.89. The maximum absolute atomic E-state index is 13.5. The number of sulfonamides is 1. The molecule has 0 bridgehead atoms. The van der Waals surface area contributed by atoms with Crippen LogP contribution in [0.1, 0.15) is 22.6 Å². The number of hydrogen-bond donors (Lipinski definition) is 1. The van der Waals surface area contributed by atoms with E-state index in [1.807, 2.05) is 43.3 Å². The van der Waals surface area contributed by atoms with E-state index in [0.717, 1.165) is 16.7 Å². The summed E-state index contributed by atoms with van der Waals surface area (Å²) in [4.78, 5) is 0.241. The summed E-state index contributed by atoms with van der Waals surface area (Å²) in [6.45, 7) is 2.14. The van der Waals surface area contributed by atoms with Crippen LogP contribution in [-0.4, -0.2) is 15.0 Å². The number of benzene rings is 3. The normalized spacial score (nSPS) is 12.7. The van der Waals surface area contributed by atoms with Crippen molar-refractivity contribution in [3.05, 3.63) is 101 Å². The second-order valence-corrected chi connectivity index (χ2v) is 8.37. The van der Waals surface area contributed by atoms with Gasteiger partial charge in [-0.2, -0.15) is 0 Å². The smallest absolute Gasteiger partial charge is 0.211 e. The number of aryl methyl sites for hydroxylation is 1. The predicted octanol–water partition coefficient (Wildman–Crippen LogP) is 4.44. The van der Waals surface area contributed by atoms with Crippen molar-refractivity contribution >= 4 is 10.0 Å². The van der Waals surface area contributed by atoms with Crippen molar-refractivity contribution in [1.29, 1.82) is 0 Å². The van der Waals surface area contributed by atoms with Gasteiger partial charge in [-0.05, 0) is 48.7 Å². The standard InChI is InChI=1S/C22H22FNO2S/c1-17-10-12-22(13-11-17)27(25,26)24-16-20(19-7-3-2-4-8-19)14-18-6-5-9-21(23)15-18/h2-13,15,20,24H,14,16H2,1H3/t20-/m0/s1. The van der Waals surface area contributed by atoms with Gasteiger partial charge >= 0.3 is 0 Å². The van der Waals surface area contributed by atoms with Gasteiger partial charge in [-0.3, -0.25) is 0 Å². The Labute approximate surface area is 159 Å². The molecule has 3 rings (SSSR count). The zero-order valence-electron chi connectivity index (χ0n) is 15.1. The minimum Gasteiger partial charge on any atom is -0.211 e. The first-order chi connectivity index (χ1) is 12.9. The Kier molecular flexibility index (Phi) is 6.04. The summed E-state index contributed by atoms with van der Waals surface area (Å²) in [7, 11) is -3.60. The Hall–Kier alpha value is -2.50. The van der Waals surface area contributed by atoms with E-state index in [1.54, 1.807) is 30.3 Å². The van der Waals surface area contributed by atoms with Gasteiger partial charge in [0.1, 0.15) is 5.82 Å². The van der Waals surface area contributed by atoms with E-state index in [9.17, 15) is 12.8 Å². The third-order valence-electron chi connectivity index (χ3n) is 4.49. The van der Waals surface area contributed by atoms with Crippen LogP contribution in [0.3, 0.4) is 0 Å². The summed E-state index contributed by atoms with van der Waals surface area (Å²) in [5.41, 5.74) is 2.84. The molecule has 0 radical (unpaired) electrons. The molecule has 5 heteroatoms. The average Bonchev–Trinajstić information content (AvgIpc) is 2.66. The van der Waals surface area contributed by atoms with Crippen LogP contribution in [0.2, 0.25) is 0 Å². The summed E-state index contributed by atoms with van der Waals surface area (Å²) in [6, 6.07) is 22.8. The Morgan fingerprint density at radius 1 is 0.926 bits per heavy atom. The second kappa shape index (κ2) is 8.46. The van der Waals surface area contributed by atoms with Crippen LogP contribution in [0.25, 0.3) is 0 Å². The van der Waals surface area contributed by atoms with Gasteiger partial charge in [0.2, 0.25) is 10.0 Å². The molecule has 0 heterocycles. The molecule has 0 aromatic heterocycles. The lowest BCUT2D eigenvalue weighted by Gasteiger charge is -2.19. The Morgan fingerprint density at radius 2 is 1.63 bits per heavy atom. The number of halogens is 1. The molecule has 1 N–H and O–H groups in total. The van der Waals surface area contributed by atoms with Gasteiger partial charge in [-0.25, -0.2) is 17.5 Å². The van der Waals surface area contributed by atoms with Gasteiger partial charge in [-0.1, -0.05) is 60.2 Å². The highest BCUT2D eigenvalue weighted by atomic mass is 32.2. The monoisotopic (exact) mass is 383 g/mol. The van der Waals surface area contributed by atoms with Crippen molar-refractivity contribution in [2.75, 3.05) is 6.54 Å². The van der Waals surface area contributed by atoms with Crippen LogP contribution in [0.15, 0.2) is 83.8 Å². The molecule has 3 nitrogen and oxygen atoms in total. The molecule has 0 saturated carbocycles. The third-order valence-corrected chi connectivity index (χ3v) is 5.93. The Morgan fingerprint density at radius 3 is 2.30 bits per heavy atom. The van der Waals surface area contributed by atoms with Crippen molar-refractivity contribution in [1.82, 2.24) is 4.72 Å². The quantitative estimate of drug-likeness (QED) is 0.656. The molecule has 3 aromatic rings. The highest BCUT2D eigenvalue weighted by Gasteiger charge is 2.19. The molecule has 0 fully saturated rings. The molecule has 0 saturated heterocycles. The minimum atomic E-state index is -3.60. The zero-order valence-corrected chi connectivity index (χ0v) is 15.9. The van der Waals surface area contributed by atoms with Gasteiger partial charge in [0.15, 0.2) is 0 Å². The lowest BCUT2D eigenvalue weighted by molar-refractivity contribution is 0.567. The van der Waals surface area contributed by atoms with Crippen molar-refractivity contribution in [3.63, 3.8) is 0 Å². The van der Waals surface area contributed by atoms with Gasteiger partial charge < -0.3 is 0 Å². The van der Waals surface area contributed by atoms with Crippen LogP contribution < -0.4 is 4.72 Å². The summed E-state index contributed by atoms with van der Waals surface area (Å²) in [6.07, 6.45) is 0.540. The topological polar surface area (TPSA) is 46.2 Å². The average molecular weight is 383 g/mol.